The zero-order valence-corrected chi connectivity index (χ0v) is 7.49. The van der Waals surface area contributed by atoms with E-state index in [1.807, 2.05) is 0 Å². The third-order valence-corrected chi connectivity index (χ3v) is 1.92. The van der Waals surface area contributed by atoms with E-state index < -0.39 is 0 Å². The number of hydrogen-bond acceptors (Lipinski definition) is 5. The van der Waals surface area contributed by atoms with E-state index >= 15 is 0 Å². The first kappa shape index (κ1) is 8.11. The van der Waals surface area contributed by atoms with Gasteiger partial charge in [-0.15, -0.1) is 0 Å². The van der Waals surface area contributed by atoms with Crippen molar-refractivity contribution in [3.05, 3.63) is 23.3 Å². The fourth-order valence-electron chi connectivity index (χ4n) is 0.952. The van der Waals surface area contributed by atoms with Crippen molar-refractivity contribution >= 4 is 12.2 Å². The first-order chi connectivity index (χ1) is 6.36. The maximum atomic E-state index is 4.96. The van der Waals surface area contributed by atoms with Gasteiger partial charge in [0.1, 0.15) is 6.33 Å². The highest BCUT2D eigenvalue weighted by Gasteiger charge is 2.00. The van der Waals surface area contributed by atoms with E-state index in [4.69, 9.17) is 16.7 Å². The minimum atomic E-state index is 0.597. The number of aryl methyl sites for hydroxylation is 2. The number of hydrogen-bond donors (Lipinski definition) is 1. The standard InChI is InChI=1S/C6H7N5OS/c13-6-10-8-4-11(6)2-1-5-7-3-9-12-5/h3-4H,1-2H2,(H,10,13). The van der Waals surface area contributed by atoms with Crippen molar-refractivity contribution in [2.24, 2.45) is 0 Å². The lowest BCUT2D eigenvalue weighted by Gasteiger charge is -1.95. The number of H-pyrrole nitrogens is 1. The molecule has 0 aliphatic heterocycles. The van der Waals surface area contributed by atoms with Gasteiger partial charge >= 0.3 is 0 Å². The number of aromatic nitrogens is 5. The average molecular weight is 197 g/mol. The summed E-state index contributed by atoms with van der Waals surface area (Å²) in [6.45, 7) is 0.692. The van der Waals surface area contributed by atoms with Crippen molar-refractivity contribution in [1.29, 1.82) is 0 Å². The second-order valence-electron chi connectivity index (χ2n) is 2.44. The van der Waals surface area contributed by atoms with Crippen LogP contribution in [0.3, 0.4) is 0 Å². The minimum absolute atomic E-state index is 0.597. The summed E-state index contributed by atoms with van der Waals surface area (Å²) in [6, 6.07) is 0. The summed E-state index contributed by atoms with van der Waals surface area (Å²) >= 11 is 4.96. The first-order valence-electron chi connectivity index (χ1n) is 3.71. The van der Waals surface area contributed by atoms with Crippen molar-refractivity contribution in [3.63, 3.8) is 0 Å². The Labute approximate surface area is 78.6 Å². The van der Waals surface area contributed by atoms with Crippen LogP contribution in [-0.2, 0) is 13.0 Å². The Morgan fingerprint density at radius 1 is 1.62 bits per heavy atom. The number of aromatic amines is 1. The predicted octanol–water partition coefficient (Wildman–Crippen LogP) is 0.566. The molecule has 68 valence electrons. The van der Waals surface area contributed by atoms with Crippen molar-refractivity contribution in [2.45, 2.75) is 13.0 Å². The molecule has 0 fully saturated rings. The van der Waals surface area contributed by atoms with Gasteiger partial charge in [-0.05, 0) is 12.2 Å². The van der Waals surface area contributed by atoms with Crippen LogP contribution in [0.15, 0.2) is 17.2 Å². The maximum Gasteiger partial charge on any atom is 0.228 e. The Bertz CT molecular complexity index is 416. The predicted molar refractivity (Wildman–Crippen MR) is 45.4 cm³/mol. The largest absolute Gasteiger partial charge is 0.340 e. The summed E-state index contributed by atoms with van der Waals surface area (Å²) in [5, 5.41) is 9.95. The maximum absolute atomic E-state index is 4.96. The van der Waals surface area contributed by atoms with Gasteiger partial charge in [-0.2, -0.15) is 10.1 Å². The molecule has 7 heteroatoms. The van der Waals surface area contributed by atoms with Crippen molar-refractivity contribution < 1.29 is 4.52 Å². The van der Waals surface area contributed by atoms with E-state index in [1.165, 1.54) is 6.33 Å². The van der Waals surface area contributed by atoms with Gasteiger partial charge in [0.2, 0.25) is 5.89 Å². The third kappa shape index (κ3) is 1.81. The summed E-state index contributed by atoms with van der Waals surface area (Å²) in [5.41, 5.74) is 0. The molecule has 2 heterocycles. The van der Waals surface area contributed by atoms with Crippen LogP contribution in [0.4, 0.5) is 0 Å². The molecule has 2 aromatic rings. The number of nitrogens with zero attached hydrogens (tertiary/aromatic N) is 4. The van der Waals surface area contributed by atoms with Gasteiger partial charge in [-0.3, -0.25) is 5.10 Å². The number of nitrogens with one attached hydrogen (secondary N) is 1. The molecule has 0 radical (unpaired) electrons. The van der Waals surface area contributed by atoms with E-state index in [9.17, 15) is 0 Å². The van der Waals surface area contributed by atoms with E-state index in [0.29, 0.717) is 23.6 Å². The molecule has 0 atom stereocenters. The highest BCUT2D eigenvalue weighted by atomic mass is 32.1. The van der Waals surface area contributed by atoms with Crippen LogP contribution in [-0.4, -0.2) is 24.9 Å². The van der Waals surface area contributed by atoms with Crippen molar-refractivity contribution in [3.8, 4) is 0 Å². The SMILES string of the molecule is S=c1[nH]ncn1CCc1ncno1. The smallest absolute Gasteiger partial charge is 0.228 e. The highest BCUT2D eigenvalue weighted by Crippen LogP contribution is 1.96. The van der Waals surface area contributed by atoms with E-state index in [2.05, 4.69) is 20.3 Å². The van der Waals surface area contributed by atoms with Crippen LogP contribution in [0.2, 0.25) is 0 Å². The van der Waals surface area contributed by atoms with Gasteiger partial charge in [0, 0.05) is 13.0 Å². The van der Waals surface area contributed by atoms with Gasteiger partial charge in [0.05, 0.1) is 0 Å². The lowest BCUT2D eigenvalue weighted by atomic mass is 10.4. The molecule has 0 bridgehead atoms. The van der Waals surface area contributed by atoms with E-state index in [1.54, 1.807) is 10.9 Å². The number of rotatable bonds is 3. The average Bonchev–Trinajstić information content (AvgIpc) is 2.72. The van der Waals surface area contributed by atoms with Gasteiger partial charge < -0.3 is 9.09 Å². The lowest BCUT2D eigenvalue weighted by Crippen LogP contribution is -2.00. The fraction of sp³-hybridized carbons (Fsp3) is 0.333. The second-order valence-corrected chi connectivity index (χ2v) is 2.83. The van der Waals surface area contributed by atoms with Crippen LogP contribution >= 0.6 is 12.2 Å². The molecule has 0 aromatic carbocycles. The Hall–Kier alpha value is -1.50. The lowest BCUT2D eigenvalue weighted by molar-refractivity contribution is 0.370. The van der Waals surface area contributed by atoms with Crippen LogP contribution in [0.1, 0.15) is 5.89 Å². The summed E-state index contributed by atoms with van der Waals surface area (Å²) in [4.78, 5) is 3.89. The fourth-order valence-corrected chi connectivity index (χ4v) is 1.14. The third-order valence-electron chi connectivity index (χ3n) is 1.59. The monoisotopic (exact) mass is 197 g/mol. The van der Waals surface area contributed by atoms with Crippen LogP contribution in [0.5, 0.6) is 0 Å². The molecular weight excluding hydrogens is 190 g/mol. The zero-order chi connectivity index (χ0) is 9.10. The zero-order valence-electron chi connectivity index (χ0n) is 6.67. The van der Waals surface area contributed by atoms with E-state index in [-0.39, 0.29) is 0 Å². The molecule has 13 heavy (non-hydrogen) atoms. The minimum Gasteiger partial charge on any atom is -0.340 e. The molecule has 6 nitrogen and oxygen atoms in total. The quantitative estimate of drug-likeness (QED) is 0.728. The highest BCUT2D eigenvalue weighted by molar-refractivity contribution is 7.71. The molecule has 0 saturated heterocycles. The summed E-state index contributed by atoms with van der Waals surface area (Å²) in [5.74, 6) is 0.600. The van der Waals surface area contributed by atoms with Crippen LogP contribution in [0, 0.1) is 4.77 Å². The molecule has 0 saturated carbocycles. The first-order valence-corrected chi connectivity index (χ1v) is 4.12. The normalized spacial score (nSPS) is 10.5. The van der Waals surface area contributed by atoms with Crippen LogP contribution in [0.25, 0.3) is 0 Å². The van der Waals surface area contributed by atoms with Gasteiger partial charge in [0.15, 0.2) is 11.1 Å². The van der Waals surface area contributed by atoms with Crippen molar-refractivity contribution in [2.75, 3.05) is 0 Å². The van der Waals surface area contributed by atoms with Gasteiger partial charge in [-0.25, -0.2) is 0 Å². The molecule has 2 aromatic heterocycles. The molecule has 1 N–H and O–H groups in total. The Kier molecular flexibility index (Phi) is 2.17. The Morgan fingerprint density at radius 2 is 2.54 bits per heavy atom. The second kappa shape index (κ2) is 3.48. The summed E-state index contributed by atoms with van der Waals surface area (Å²) in [7, 11) is 0. The molecule has 0 spiro atoms. The van der Waals surface area contributed by atoms with Crippen LogP contribution < -0.4 is 0 Å². The summed E-state index contributed by atoms with van der Waals surface area (Å²) < 4.78 is 7.23. The van der Waals surface area contributed by atoms with Crippen molar-refractivity contribution in [1.82, 2.24) is 24.9 Å². The molecule has 0 amide bonds. The molecular formula is C6H7N5OS. The molecule has 2 rings (SSSR count). The Balaban J connectivity index is 2.01. The van der Waals surface area contributed by atoms with E-state index in [0.717, 1.165) is 0 Å². The molecule has 0 unspecified atom stereocenters. The molecule has 0 aliphatic rings. The topological polar surface area (TPSA) is 72.5 Å². The summed E-state index contributed by atoms with van der Waals surface area (Å²) in [6.07, 6.45) is 3.68. The van der Waals surface area contributed by atoms with Gasteiger partial charge in [0.25, 0.3) is 0 Å². The van der Waals surface area contributed by atoms with Gasteiger partial charge in [-0.1, -0.05) is 5.16 Å². The Morgan fingerprint density at radius 3 is 3.15 bits per heavy atom. The molecule has 0 aliphatic carbocycles.